The van der Waals surface area contributed by atoms with Gasteiger partial charge in [0.2, 0.25) is 0 Å². The highest BCUT2D eigenvalue weighted by Gasteiger charge is 2.21. The van der Waals surface area contributed by atoms with E-state index in [-0.39, 0.29) is 16.9 Å². The molecule has 0 aliphatic heterocycles. The van der Waals surface area contributed by atoms with Crippen LogP contribution in [-0.4, -0.2) is 73.6 Å². The summed E-state index contributed by atoms with van der Waals surface area (Å²) in [5.41, 5.74) is 5.17. The van der Waals surface area contributed by atoms with E-state index in [0.29, 0.717) is 69.1 Å². The van der Waals surface area contributed by atoms with Gasteiger partial charge in [-0.1, -0.05) is 13.3 Å². The molecule has 5 N–H and O–H groups in total. The molecular weight excluding hydrogens is 564 g/mol. The lowest BCUT2D eigenvalue weighted by atomic mass is 10.0. The van der Waals surface area contributed by atoms with Crippen molar-refractivity contribution in [3.05, 3.63) is 72.7 Å². The Morgan fingerprint density at radius 1 is 1.00 bits per heavy atom. The lowest BCUT2D eigenvalue weighted by Crippen LogP contribution is -2.20. The number of benzene rings is 2. The van der Waals surface area contributed by atoms with Crippen LogP contribution in [0.15, 0.2) is 61.1 Å². The quantitative estimate of drug-likeness (QED) is 0.115. The number of nitrogens with zero attached hydrogens (tertiary/aromatic N) is 5. The Bertz CT molecular complexity index is 1930. The minimum Gasteiger partial charge on any atom is -0.384 e. The first-order chi connectivity index (χ1) is 21.3. The molecule has 1 atom stereocenters. The topological polar surface area (TPSA) is 131 Å². The Kier molecular flexibility index (Phi) is 8.18. The monoisotopic (exact) mass is 597 g/mol. The fourth-order valence-corrected chi connectivity index (χ4v) is 5.20. The number of aromatic nitrogens is 6. The maximum Gasteiger partial charge on any atom is 0.161 e. The molecule has 10 nitrogen and oxygen atoms in total. The Balaban J connectivity index is 1.38. The summed E-state index contributed by atoms with van der Waals surface area (Å²) in [4.78, 5) is 18.6. The molecule has 0 amide bonds. The number of hydrogen-bond acceptors (Lipinski definition) is 8. The van der Waals surface area contributed by atoms with Crippen molar-refractivity contribution in [3.8, 4) is 33.8 Å². The van der Waals surface area contributed by atoms with Crippen molar-refractivity contribution in [1.82, 2.24) is 35.0 Å². The minimum atomic E-state index is -0.727. The van der Waals surface area contributed by atoms with E-state index in [1.54, 1.807) is 42.9 Å². The Hall–Kier alpha value is -4.94. The van der Waals surface area contributed by atoms with Gasteiger partial charge in [0.15, 0.2) is 11.5 Å². The number of aromatic amines is 2. The molecule has 0 saturated carbocycles. The van der Waals surface area contributed by atoms with E-state index in [1.807, 2.05) is 32.0 Å². The maximum atomic E-state index is 16.2. The van der Waals surface area contributed by atoms with E-state index in [4.69, 9.17) is 4.98 Å². The molecule has 4 heterocycles. The van der Waals surface area contributed by atoms with Gasteiger partial charge >= 0.3 is 0 Å². The number of aliphatic hydroxyl groups is 1. The number of halogens is 2. The van der Waals surface area contributed by atoms with E-state index in [2.05, 4.69) is 35.8 Å². The predicted molar refractivity (Wildman–Crippen MR) is 169 cm³/mol. The van der Waals surface area contributed by atoms with Gasteiger partial charge in [-0.2, -0.15) is 5.10 Å². The molecule has 12 heteroatoms. The summed E-state index contributed by atoms with van der Waals surface area (Å²) in [6, 6.07) is 11.7. The first-order valence-electron chi connectivity index (χ1n) is 14.4. The van der Waals surface area contributed by atoms with Crippen LogP contribution >= 0.6 is 0 Å². The van der Waals surface area contributed by atoms with Crippen LogP contribution < -0.4 is 10.6 Å². The van der Waals surface area contributed by atoms with Crippen molar-refractivity contribution in [2.24, 2.45) is 0 Å². The second kappa shape index (κ2) is 12.3. The Morgan fingerprint density at radius 2 is 1.84 bits per heavy atom. The van der Waals surface area contributed by atoms with Gasteiger partial charge in [-0.25, -0.2) is 18.7 Å². The molecule has 0 fully saturated rings. The number of fused-ring (bicyclic) bond motifs is 2. The normalized spacial score (nSPS) is 12.3. The number of anilines is 2. The summed E-state index contributed by atoms with van der Waals surface area (Å²) in [6.45, 7) is 3.44. The van der Waals surface area contributed by atoms with Gasteiger partial charge in [-0.15, -0.1) is 0 Å². The van der Waals surface area contributed by atoms with Crippen LogP contribution in [0.4, 0.5) is 20.2 Å². The van der Waals surface area contributed by atoms with Crippen molar-refractivity contribution in [3.63, 3.8) is 0 Å². The van der Waals surface area contributed by atoms with Crippen molar-refractivity contribution < 1.29 is 13.9 Å². The zero-order valence-electron chi connectivity index (χ0n) is 24.6. The molecule has 6 aromatic rings. The zero-order chi connectivity index (χ0) is 30.8. The number of H-pyrrole nitrogens is 2. The Morgan fingerprint density at radius 3 is 2.66 bits per heavy atom. The molecular formula is C32H33F2N9O. The van der Waals surface area contributed by atoms with Crippen molar-refractivity contribution in [2.45, 2.75) is 26.0 Å². The minimum absolute atomic E-state index is 0.255. The number of likely N-dealkylation sites (N-methyl/N-ethyl adjacent to an activating group) is 1. The second-order valence-electron chi connectivity index (χ2n) is 10.9. The summed E-state index contributed by atoms with van der Waals surface area (Å²) in [5.74, 6) is -0.553. The Labute approximate surface area is 252 Å². The second-order valence-corrected chi connectivity index (χ2v) is 10.9. The van der Waals surface area contributed by atoms with E-state index in [1.165, 1.54) is 12.1 Å². The third-order valence-corrected chi connectivity index (χ3v) is 7.32. The van der Waals surface area contributed by atoms with Gasteiger partial charge in [0.1, 0.15) is 29.1 Å². The lowest BCUT2D eigenvalue weighted by molar-refractivity contribution is 0.192. The van der Waals surface area contributed by atoms with Crippen LogP contribution in [0.2, 0.25) is 0 Å². The van der Waals surface area contributed by atoms with Crippen LogP contribution in [0.3, 0.4) is 0 Å². The van der Waals surface area contributed by atoms with Gasteiger partial charge in [0.25, 0.3) is 0 Å². The average Bonchev–Trinajstić information content (AvgIpc) is 3.62. The van der Waals surface area contributed by atoms with Crippen molar-refractivity contribution in [2.75, 3.05) is 37.8 Å². The smallest absolute Gasteiger partial charge is 0.161 e. The maximum absolute atomic E-state index is 16.2. The van der Waals surface area contributed by atoms with Crippen LogP contribution in [0.25, 0.3) is 55.8 Å². The van der Waals surface area contributed by atoms with Crippen LogP contribution in [-0.2, 0) is 0 Å². The molecule has 0 aliphatic carbocycles. The van der Waals surface area contributed by atoms with Gasteiger partial charge in [-0.3, -0.25) is 10.1 Å². The summed E-state index contributed by atoms with van der Waals surface area (Å²) in [5, 5.41) is 24.0. The molecule has 2 aromatic carbocycles. The van der Waals surface area contributed by atoms with Crippen LogP contribution in [0.1, 0.15) is 19.8 Å². The molecule has 226 valence electrons. The summed E-state index contributed by atoms with van der Waals surface area (Å²) >= 11 is 0. The number of rotatable bonds is 11. The predicted octanol–water partition coefficient (Wildman–Crippen LogP) is 6.01. The molecule has 0 aliphatic rings. The molecule has 4 aromatic heterocycles. The molecule has 0 radical (unpaired) electrons. The molecule has 0 bridgehead atoms. The van der Waals surface area contributed by atoms with Gasteiger partial charge in [0, 0.05) is 47.9 Å². The third kappa shape index (κ3) is 5.94. The van der Waals surface area contributed by atoms with Crippen molar-refractivity contribution >= 4 is 33.4 Å². The first-order valence-corrected chi connectivity index (χ1v) is 14.4. The van der Waals surface area contributed by atoms with Gasteiger partial charge in [-0.05, 0) is 68.5 Å². The summed E-state index contributed by atoms with van der Waals surface area (Å²) < 4.78 is 30.9. The number of pyridine rings is 2. The summed E-state index contributed by atoms with van der Waals surface area (Å²) in [6.07, 6.45) is 5.44. The molecule has 1 unspecified atom stereocenters. The molecule has 0 saturated heterocycles. The van der Waals surface area contributed by atoms with Crippen LogP contribution in [0.5, 0.6) is 0 Å². The van der Waals surface area contributed by atoms with Gasteiger partial charge in [0.05, 0.1) is 22.8 Å². The van der Waals surface area contributed by atoms with E-state index >= 15 is 4.39 Å². The number of aliphatic hydroxyl groups excluding tert-OH is 1. The molecule has 0 spiro atoms. The highest BCUT2D eigenvalue weighted by Crippen LogP contribution is 2.36. The average molecular weight is 598 g/mol. The molecule has 44 heavy (non-hydrogen) atoms. The highest BCUT2D eigenvalue weighted by molar-refractivity contribution is 5.98. The first kappa shape index (κ1) is 29.1. The fraction of sp³-hybridized carbons (Fsp3) is 0.250. The molecule has 6 rings (SSSR count). The lowest BCUT2D eigenvalue weighted by Gasteiger charge is -2.14. The van der Waals surface area contributed by atoms with Crippen molar-refractivity contribution in [1.29, 1.82) is 0 Å². The zero-order valence-corrected chi connectivity index (χ0v) is 24.6. The number of imidazole rings is 1. The number of hydrogen-bond donors (Lipinski definition) is 5. The number of nitrogens with one attached hydrogen (secondary N) is 4. The van der Waals surface area contributed by atoms with E-state index in [9.17, 15) is 9.50 Å². The summed E-state index contributed by atoms with van der Waals surface area (Å²) in [7, 11) is 3.95. The van der Waals surface area contributed by atoms with E-state index < -0.39 is 12.0 Å². The highest BCUT2D eigenvalue weighted by atomic mass is 19.1. The fourth-order valence-electron chi connectivity index (χ4n) is 5.20. The van der Waals surface area contributed by atoms with Gasteiger partial charge < -0.3 is 25.6 Å². The SMILES string of the molecule is CCCC(O)Nc1cncc(-c2ccc3[nH]nc(-c4nc5c(-c6cc(F)cc(NCCN(C)C)c6)ccnc5[nH]4)c3c2F)c1. The largest absolute Gasteiger partial charge is 0.384 e. The standard InChI is InChI=1S/C32H33F2N9O/c1-4-5-26(44)38-22-14-19(16-35-17-22)23-6-7-25-27(28(23)34)30(42-41-25)32-39-29-24(8-9-37-31(29)40-32)18-12-20(33)15-21(13-18)36-10-11-43(2)3/h6-9,12-17,26,36,38,44H,4-5,10-11H2,1-3H3,(H,41,42)(H,37,39,40). The van der Waals surface area contributed by atoms with E-state index in [0.717, 1.165) is 13.0 Å². The third-order valence-electron chi connectivity index (χ3n) is 7.32. The van der Waals surface area contributed by atoms with Crippen LogP contribution in [0, 0.1) is 11.6 Å².